The van der Waals surface area contributed by atoms with Crippen LogP contribution in [0.5, 0.6) is 5.88 Å². The van der Waals surface area contributed by atoms with Gasteiger partial charge in [0.05, 0.1) is 18.5 Å². The zero-order chi connectivity index (χ0) is 8.27. The minimum Gasteiger partial charge on any atom is -0.481 e. The molecule has 0 saturated heterocycles. The van der Waals surface area contributed by atoms with Crippen molar-refractivity contribution >= 4 is 5.71 Å². The van der Waals surface area contributed by atoms with Gasteiger partial charge in [0, 0.05) is 6.07 Å². The van der Waals surface area contributed by atoms with E-state index in [2.05, 4.69) is 4.98 Å². The lowest BCUT2D eigenvalue weighted by Crippen LogP contribution is -1.97. The fourth-order valence-electron chi connectivity index (χ4n) is 0.737. The Balaban J connectivity index is 3.01. The van der Waals surface area contributed by atoms with Gasteiger partial charge in [-0.3, -0.25) is 0 Å². The second-order valence-corrected chi connectivity index (χ2v) is 2.19. The quantitative estimate of drug-likeness (QED) is 0.649. The Kier molecular flexibility index (Phi) is 2.21. The molecule has 1 heterocycles. The van der Waals surface area contributed by atoms with Crippen molar-refractivity contribution in [3.63, 3.8) is 0 Å². The molecular weight excluding hydrogens is 140 g/mol. The lowest BCUT2D eigenvalue weighted by Gasteiger charge is -2.00. The lowest BCUT2D eigenvalue weighted by atomic mass is 10.3. The normalized spacial score (nSPS) is 9.27. The molecule has 0 radical (unpaired) electrons. The highest BCUT2D eigenvalue weighted by Gasteiger charge is 1.97. The molecule has 3 nitrogen and oxygen atoms in total. The van der Waals surface area contributed by atoms with Gasteiger partial charge in [-0.05, 0) is 13.0 Å². The molecule has 3 heteroatoms. The summed E-state index contributed by atoms with van der Waals surface area (Å²) in [5, 5.41) is 7.29. The van der Waals surface area contributed by atoms with Crippen molar-refractivity contribution in [2.75, 3.05) is 7.11 Å². The number of ether oxygens (including phenoxy) is 1. The van der Waals surface area contributed by atoms with Gasteiger partial charge >= 0.3 is 0 Å². The number of pyridine rings is 1. The SMILES string of the molecule is COc1cccc(C(C)=N)n1. The Morgan fingerprint density at radius 2 is 2.27 bits per heavy atom. The van der Waals surface area contributed by atoms with E-state index in [1.165, 1.54) is 0 Å². The van der Waals surface area contributed by atoms with Gasteiger partial charge in [0.25, 0.3) is 0 Å². The minimum atomic E-state index is 0.448. The number of methoxy groups -OCH3 is 1. The summed E-state index contributed by atoms with van der Waals surface area (Å²) in [5.74, 6) is 0.550. The number of hydrogen-bond donors (Lipinski definition) is 1. The summed E-state index contributed by atoms with van der Waals surface area (Å²) in [7, 11) is 1.56. The van der Waals surface area contributed by atoms with Crippen LogP contribution in [-0.2, 0) is 0 Å². The van der Waals surface area contributed by atoms with Crippen molar-refractivity contribution in [1.82, 2.24) is 4.98 Å². The van der Waals surface area contributed by atoms with Gasteiger partial charge in [-0.15, -0.1) is 0 Å². The zero-order valence-corrected chi connectivity index (χ0v) is 6.59. The van der Waals surface area contributed by atoms with Crippen LogP contribution in [0, 0.1) is 5.41 Å². The molecule has 0 aliphatic carbocycles. The minimum absolute atomic E-state index is 0.448. The maximum Gasteiger partial charge on any atom is 0.213 e. The van der Waals surface area contributed by atoms with E-state index in [0.29, 0.717) is 17.3 Å². The molecule has 0 fully saturated rings. The second-order valence-electron chi connectivity index (χ2n) is 2.19. The van der Waals surface area contributed by atoms with Gasteiger partial charge in [-0.2, -0.15) is 0 Å². The molecule has 58 valence electrons. The molecule has 1 N–H and O–H groups in total. The number of rotatable bonds is 2. The monoisotopic (exact) mass is 150 g/mol. The van der Waals surface area contributed by atoms with Crippen LogP contribution in [-0.4, -0.2) is 17.8 Å². The van der Waals surface area contributed by atoms with Crippen molar-refractivity contribution in [2.24, 2.45) is 0 Å². The molecule has 0 aromatic carbocycles. The lowest BCUT2D eigenvalue weighted by molar-refractivity contribution is 0.397. The van der Waals surface area contributed by atoms with E-state index in [9.17, 15) is 0 Å². The summed E-state index contributed by atoms with van der Waals surface area (Å²) in [6.07, 6.45) is 0. The predicted molar refractivity (Wildman–Crippen MR) is 43.3 cm³/mol. The smallest absolute Gasteiger partial charge is 0.213 e. The van der Waals surface area contributed by atoms with E-state index in [4.69, 9.17) is 10.1 Å². The molecule has 1 aromatic rings. The average molecular weight is 150 g/mol. The molecular formula is C8H10N2O. The fourth-order valence-corrected chi connectivity index (χ4v) is 0.737. The Morgan fingerprint density at radius 3 is 2.82 bits per heavy atom. The molecule has 1 rings (SSSR count). The standard InChI is InChI=1S/C8H10N2O/c1-6(9)7-4-3-5-8(10-7)11-2/h3-5,9H,1-2H3. The first-order chi connectivity index (χ1) is 5.24. The van der Waals surface area contributed by atoms with Crippen molar-refractivity contribution < 1.29 is 4.74 Å². The van der Waals surface area contributed by atoms with Crippen LogP contribution in [0.15, 0.2) is 18.2 Å². The second kappa shape index (κ2) is 3.14. The highest BCUT2D eigenvalue weighted by Crippen LogP contribution is 2.06. The van der Waals surface area contributed by atoms with Crippen LogP contribution in [0.2, 0.25) is 0 Å². The first-order valence-electron chi connectivity index (χ1n) is 3.30. The molecule has 0 aliphatic heterocycles. The van der Waals surface area contributed by atoms with Crippen LogP contribution >= 0.6 is 0 Å². The van der Waals surface area contributed by atoms with Crippen molar-refractivity contribution in [3.8, 4) is 5.88 Å². The van der Waals surface area contributed by atoms with Gasteiger partial charge in [0.1, 0.15) is 0 Å². The van der Waals surface area contributed by atoms with Crippen LogP contribution in [0.3, 0.4) is 0 Å². The van der Waals surface area contributed by atoms with E-state index in [-0.39, 0.29) is 0 Å². The Morgan fingerprint density at radius 1 is 1.55 bits per heavy atom. The van der Waals surface area contributed by atoms with Crippen molar-refractivity contribution in [3.05, 3.63) is 23.9 Å². The summed E-state index contributed by atoms with van der Waals surface area (Å²) < 4.78 is 4.90. The predicted octanol–water partition coefficient (Wildman–Crippen LogP) is 1.48. The molecule has 0 bridgehead atoms. The van der Waals surface area contributed by atoms with E-state index in [1.807, 2.05) is 6.07 Å². The summed E-state index contributed by atoms with van der Waals surface area (Å²) in [6, 6.07) is 5.36. The summed E-state index contributed by atoms with van der Waals surface area (Å²) >= 11 is 0. The molecule has 0 amide bonds. The van der Waals surface area contributed by atoms with Crippen LogP contribution in [0.4, 0.5) is 0 Å². The Hall–Kier alpha value is -1.38. The van der Waals surface area contributed by atoms with E-state index < -0.39 is 0 Å². The van der Waals surface area contributed by atoms with Crippen LogP contribution in [0.1, 0.15) is 12.6 Å². The zero-order valence-electron chi connectivity index (χ0n) is 6.59. The van der Waals surface area contributed by atoms with Gasteiger partial charge in [-0.1, -0.05) is 6.07 Å². The summed E-state index contributed by atoms with van der Waals surface area (Å²) in [5.41, 5.74) is 1.10. The molecule has 0 atom stereocenters. The van der Waals surface area contributed by atoms with E-state index in [1.54, 1.807) is 26.2 Å². The maximum atomic E-state index is 7.29. The maximum absolute atomic E-state index is 7.29. The summed E-state index contributed by atoms with van der Waals surface area (Å²) in [4.78, 5) is 4.04. The number of nitrogens with one attached hydrogen (secondary N) is 1. The molecule has 11 heavy (non-hydrogen) atoms. The third kappa shape index (κ3) is 1.77. The van der Waals surface area contributed by atoms with Crippen LogP contribution in [0.25, 0.3) is 0 Å². The molecule has 0 aliphatic rings. The number of nitrogens with zero attached hydrogens (tertiary/aromatic N) is 1. The van der Waals surface area contributed by atoms with Gasteiger partial charge in [-0.25, -0.2) is 4.98 Å². The van der Waals surface area contributed by atoms with Crippen molar-refractivity contribution in [1.29, 1.82) is 5.41 Å². The highest BCUT2D eigenvalue weighted by atomic mass is 16.5. The third-order valence-electron chi connectivity index (χ3n) is 1.32. The molecule has 0 saturated carbocycles. The fraction of sp³-hybridized carbons (Fsp3) is 0.250. The summed E-state index contributed by atoms with van der Waals surface area (Å²) in [6.45, 7) is 1.70. The van der Waals surface area contributed by atoms with Crippen molar-refractivity contribution in [2.45, 2.75) is 6.92 Å². The number of hydrogen-bond acceptors (Lipinski definition) is 3. The molecule has 0 spiro atoms. The molecule has 0 unspecified atom stereocenters. The number of aromatic nitrogens is 1. The van der Waals surface area contributed by atoms with E-state index >= 15 is 0 Å². The topological polar surface area (TPSA) is 46.0 Å². The van der Waals surface area contributed by atoms with E-state index in [0.717, 1.165) is 0 Å². The largest absolute Gasteiger partial charge is 0.481 e. The first kappa shape index (κ1) is 7.72. The first-order valence-corrected chi connectivity index (χ1v) is 3.30. The van der Waals surface area contributed by atoms with Gasteiger partial charge < -0.3 is 10.1 Å². The molecule has 1 aromatic heterocycles. The van der Waals surface area contributed by atoms with Gasteiger partial charge in [0.2, 0.25) is 5.88 Å². The Bertz CT molecular complexity index is 271. The third-order valence-corrected chi connectivity index (χ3v) is 1.32. The average Bonchev–Trinajstić information content (AvgIpc) is 2.05. The van der Waals surface area contributed by atoms with Gasteiger partial charge in [0.15, 0.2) is 0 Å². The Labute approximate surface area is 65.5 Å². The van der Waals surface area contributed by atoms with Crippen LogP contribution < -0.4 is 4.74 Å². The highest BCUT2D eigenvalue weighted by molar-refractivity contribution is 5.94.